The van der Waals surface area contributed by atoms with Gasteiger partial charge in [0.25, 0.3) is 0 Å². The summed E-state index contributed by atoms with van der Waals surface area (Å²) in [5, 5.41) is 3.12. The Labute approximate surface area is 88.1 Å². The van der Waals surface area contributed by atoms with Crippen LogP contribution in [0, 0.1) is 0 Å². The Hall–Kier alpha value is -0.380. The third-order valence-corrected chi connectivity index (χ3v) is 2.26. The second kappa shape index (κ2) is 5.37. The van der Waals surface area contributed by atoms with Gasteiger partial charge in [0.15, 0.2) is 0 Å². The minimum Gasteiger partial charge on any atom is -0.307 e. The molecule has 13 heavy (non-hydrogen) atoms. The molecule has 0 aliphatic carbocycles. The summed E-state index contributed by atoms with van der Waals surface area (Å²) in [5.74, 6) is 0. The van der Waals surface area contributed by atoms with E-state index in [9.17, 15) is 0 Å². The summed E-state index contributed by atoms with van der Waals surface area (Å²) in [5.41, 5.74) is 1.33. The third kappa shape index (κ3) is 3.89. The zero-order valence-corrected chi connectivity index (χ0v) is 9.63. The van der Waals surface area contributed by atoms with E-state index in [4.69, 9.17) is 0 Å². The number of hydrogen-bond acceptors (Lipinski definition) is 2. The Morgan fingerprint density at radius 1 is 1.46 bits per heavy atom. The van der Waals surface area contributed by atoms with Gasteiger partial charge in [0, 0.05) is 17.7 Å². The average Bonchev–Trinajstić information content (AvgIpc) is 2.04. The van der Waals surface area contributed by atoms with Crippen LogP contribution in [0.1, 0.15) is 5.56 Å². The number of nitrogens with zero attached hydrogens (tertiary/aromatic N) is 1. The van der Waals surface area contributed by atoms with Crippen molar-refractivity contribution >= 4 is 15.9 Å². The lowest BCUT2D eigenvalue weighted by Crippen LogP contribution is -2.27. The van der Waals surface area contributed by atoms with Gasteiger partial charge in [0.1, 0.15) is 0 Å². The van der Waals surface area contributed by atoms with Crippen LogP contribution in [0.5, 0.6) is 0 Å². The highest BCUT2D eigenvalue weighted by atomic mass is 79.9. The van der Waals surface area contributed by atoms with Crippen LogP contribution in [0.4, 0.5) is 0 Å². The molecule has 0 aliphatic heterocycles. The van der Waals surface area contributed by atoms with Crippen LogP contribution < -0.4 is 5.32 Å². The lowest BCUT2D eigenvalue weighted by molar-refractivity contribution is 0.310. The summed E-state index contributed by atoms with van der Waals surface area (Å²) < 4.78 is 1.14. The van der Waals surface area contributed by atoms with E-state index in [2.05, 4.69) is 51.4 Å². The maximum Gasteiger partial charge on any atom is 0.0478 e. The molecule has 0 radical (unpaired) electrons. The summed E-state index contributed by atoms with van der Waals surface area (Å²) in [4.78, 5) is 2.22. The highest BCUT2D eigenvalue weighted by molar-refractivity contribution is 9.10. The topological polar surface area (TPSA) is 15.3 Å². The lowest BCUT2D eigenvalue weighted by Gasteiger charge is -2.15. The number of hydrogen-bond donors (Lipinski definition) is 1. The van der Waals surface area contributed by atoms with E-state index in [1.807, 2.05) is 13.1 Å². The van der Waals surface area contributed by atoms with Crippen molar-refractivity contribution < 1.29 is 0 Å². The Kier molecular flexibility index (Phi) is 4.42. The second-order valence-corrected chi connectivity index (χ2v) is 4.07. The van der Waals surface area contributed by atoms with Gasteiger partial charge in [-0.05, 0) is 31.8 Å². The molecule has 1 aromatic carbocycles. The fourth-order valence-electron chi connectivity index (χ4n) is 1.27. The zero-order valence-electron chi connectivity index (χ0n) is 8.05. The summed E-state index contributed by atoms with van der Waals surface area (Å²) in [6.07, 6.45) is 0. The summed E-state index contributed by atoms with van der Waals surface area (Å²) in [7, 11) is 4.05. The van der Waals surface area contributed by atoms with E-state index < -0.39 is 0 Å². The standard InChI is InChI=1S/C10H15BrN2/c1-12-8-13(2)7-9-4-3-5-10(11)6-9/h3-6,12H,7-8H2,1-2H3. The molecule has 2 nitrogen and oxygen atoms in total. The zero-order chi connectivity index (χ0) is 9.68. The molecule has 0 aromatic heterocycles. The van der Waals surface area contributed by atoms with Gasteiger partial charge < -0.3 is 5.32 Å². The Bertz CT molecular complexity index is 263. The molecule has 0 spiro atoms. The SMILES string of the molecule is CNCN(C)Cc1cccc(Br)c1. The minimum absolute atomic E-state index is 0.909. The molecule has 0 unspecified atom stereocenters. The van der Waals surface area contributed by atoms with Crippen molar-refractivity contribution in [1.29, 1.82) is 0 Å². The van der Waals surface area contributed by atoms with Crippen LogP contribution in [0.2, 0.25) is 0 Å². The lowest BCUT2D eigenvalue weighted by atomic mass is 10.2. The molecule has 0 saturated carbocycles. The fraction of sp³-hybridized carbons (Fsp3) is 0.400. The van der Waals surface area contributed by atoms with Gasteiger partial charge >= 0.3 is 0 Å². The number of benzene rings is 1. The highest BCUT2D eigenvalue weighted by Crippen LogP contribution is 2.12. The quantitative estimate of drug-likeness (QED) is 0.814. The van der Waals surface area contributed by atoms with Crippen molar-refractivity contribution in [2.75, 3.05) is 20.8 Å². The van der Waals surface area contributed by atoms with Crippen molar-refractivity contribution in [1.82, 2.24) is 10.2 Å². The normalized spacial score (nSPS) is 10.8. The third-order valence-electron chi connectivity index (χ3n) is 1.77. The molecule has 0 atom stereocenters. The highest BCUT2D eigenvalue weighted by Gasteiger charge is 1.98. The van der Waals surface area contributed by atoms with E-state index in [0.717, 1.165) is 17.7 Å². The predicted molar refractivity (Wildman–Crippen MR) is 59.5 cm³/mol. The Balaban J connectivity index is 2.53. The maximum atomic E-state index is 3.46. The van der Waals surface area contributed by atoms with Gasteiger partial charge in [-0.15, -0.1) is 0 Å². The summed E-state index contributed by atoms with van der Waals surface area (Å²) in [6.45, 7) is 1.88. The predicted octanol–water partition coefficient (Wildman–Crippen LogP) is 2.06. The fourth-order valence-corrected chi connectivity index (χ4v) is 1.72. The molecule has 1 aromatic rings. The molecule has 0 bridgehead atoms. The molecule has 0 amide bonds. The molecule has 3 heteroatoms. The van der Waals surface area contributed by atoms with E-state index >= 15 is 0 Å². The number of rotatable bonds is 4. The first kappa shape index (κ1) is 10.7. The largest absolute Gasteiger partial charge is 0.307 e. The van der Waals surface area contributed by atoms with E-state index in [0.29, 0.717) is 0 Å². The van der Waals surface area contributed by atoms with Crippen molar-refractivity contribution in [2.24, 2.45) is 0 Å². The van der Waals surface area contributed by atoms with Gasteiger partial charge in [0.05, 0.1) is 0 Å². The molecule has 0 fully saturated rings. The summed E-state index contributed by atoms with van der Waals surface area (Å²) >= 11 is 3.46. The van der Waals surface area contributed by atoms with E-state index in [1.165, 1.54) is 5.56 Å². The first-order valence-corrected chi connectivity index (χ1v) is 5.09. The maximum absolute atomic E-state index is 3.46. The number of halogens is 1. The Morgan fingerprint density at radius 3 is 2.85 bits per heavy atom. The van der Waals surface area contributed by atoms with E-state index in [-0.39, 0.29) is 0 Å². The van der Waals surface area contributed by atoms with Crippen molar-refractivity contribution in [2.45, 2.75) is 6.54 Å². The molecule has 0 aliphatic rings. The van der Waals surface area contributed by atoms with Crippen molar-refractivity contribution in [3.05, 3.63) is 34.3 Å². The van der Waals surface area contributed by atoms with Crippen LogP contribution in [0.25, 0.3) is 0 Å². The van der Waals surface area contributed by atoms with Crippen LogP contribution in [0.3, 0.4) is 0 Å². The van der Waals surface area contributed by atoms with Crippen LogP contribution in [-0.2, 0) is 6.54 Å². The smallest absolute Gasteiger partial charge is 0.0478 e. The first-order valence-electron chi connectivity index (χ1n) is 4.30. The van der Waals surface area contributed by atoms with Gasteiger partial charge in [-0.3, -0.25) is 4.90 Å². The van der Waals surface area contributed by atoms with E-state index in [1.54, 1.807) is 0 Å². The average molecular weight is 243 g/mol. The van der Waals surface area contributed by atoms with Crippen molar-refractivity contribution in [3.63, 3.8) is 0 Å². The molecular weight excluding hydrogens is 228 g/mol. The molecule has 1 N–H and O–H groups in total. The first-order chi connectivity index (χ1) is 6.22. The molecule has 0 saturated heterocycles. The van der Waals surface area contributed by atoms with Gasteiger partial charge in [-0.2, -0.15) is 0 Å². The summed E-state index contributed by atoms with van der Waals surface area (Å²) in [6, 6.07) is 8.39. The molecular formula is C10H15BrN2. The molecule has 0 heterocycles. The van der Waals surface area contributed by atoms with Crippen LogP contribution in [-0.4, -0.2) is 25.7 Å². The Morgan fingerprint density at radius 2 is 2.23 bits per heavy atom. The van der Waals surface area contributed by atoms with Gasteiger partial charge in [0.2, 0.25) is 0 Å². The molecule has 1 rings (SSSR count). The monoisotopic (exact) mass is 242 g/mol. The van der Waals surface area contributed by atoms with Gasteiger partial charge in [-0.1, -0.05) is 28.1 Å². The minimum atomic E-state index is 0.909. The number of nitrogens with one attached hydrogen (secondary N) is 1. The van der Waals surface area contributed by atoms with Crippen molar-refractivity contribution in [3.8, 4) is 0 Å². The van der Waals surface area contributed by atoms with Crippen LogP contribution in [0.15, 0.2) is 28.7 Å². The second-order valence-electron chi connectivity index (χ2n) is 3.16. The van der Waals surface area contributed by atoms with Crippen LogP contribution >= 0.6 is 15.9 Å². The van der Waals surface area contributed by atoms with Gasteiger partial charge in [-0.25, -0.2) is 0 Å². The molecule has 72 valence electrons.